The van der Waals surface area contributed by atoms with Gasteiger partial charge in [0, 0.05) is 17.8 Å². The van der Waals surface area contributed by atoms with Crippen molar-refractivity contribution in [3.05, 3.63) is 42.3 Å². The summed E-state index contributed by atoms with van der Waals surface area (Å²) in [6, 6.07) is 7.11. The summed E-state index contributed by atoms with van der Waals surface area (Å²) in [7, 11) is 0. The predicted molar refractivity (Wildman–Crippen MR) is 60.6 cm³/mol. The van der Waals surface area contributed by atoms with Crippen LogP contribution in [0.25, 0.3) is 11.4 Å². The SMILES string of the molecule is O=C(O)COc1ccnc(-c2ccc(F)cc2)n1. The fourth-order valence-electron chi connectivity index (χ4n) is 1.30. The van der Waals surface area contributed by atoms with Crippen LogP contribution in [0.15, 0.2) is 36.5 Å². The molecule has 6 heteroatoms. The Morgan fingerprint density at radius 1 is 1.28 bits per heavy atom. The Balaban J connectivity index is 2.21. The van der Waals surface area contributed by atoms with Gasteiger partial charge in [0.15, 0.2) is 12.4 Å². The summed E-state index contributed by atoms with van der Waals surface area (Å²) in [5.41, 5.74) is 0.622. The molecule has 0 saturated heterocycles. The largest absolute Gasteiger partial charge is 0.479 e. The van der Waals surface area contributed by atoms with Crippen molar-refractivity contribution in [3.8, 4) is 17.3 Å². The smallest absolute Gasteiger partial charge is 0.341 e. The first-order valence-electron chi connectivity index (χ1n) is 5.09. The van der Waals surface area contributed by atoms with Crippen LogP contribution in [0, 0.1) is 5.82 Å². The standard InChI is InChI=1S/C12H9FN2O3/c13-9-3-1-8(2-4-9)12-14-6-5-10(15-12)18-7-11(16)17/h1-6H,7H2,(H,16,17). The van der Waals surface area contributed by atoms with Crippen molar-refractivity contribution >= 4 is 5.97 Å². The summed E-state index contributed by atoms with van der Waals surface area (Å²) in [4.78, 5) is 18.4. The second-order valence-corrected chi connectivity index (χ2v) is 3.41. The monoisotopic (exact) mass is 248 g/mol. The molecule has 0 aliphatic carbocycles. The minimum Gasteiger partial charge on any atom is -0.479 e. The molecule has 1 N–H and O–H groups in total. The molecule has 0 aliphatic rings. The normalized spacial score (nSPS) is 10.1. The van der Waals surface area contributed by atoms with Crippen LogP contribution in [0.2, 0.25) is 0 Å². The van der Waals surface area contributed by atoms with Gasteiger partial charge in [0.1, 0.15) is 5.82 Å². The minimum atomic E-state index is -1.09. The molecule has 0 bridgehead atoms. The third kappa shape index (κ3) is 3.00. The molecule has 1 heterocycles. The maximum Gasteiger partial charge on any atom is 0.341 e. The van der Waals surface area contributed by atoms with Gasteiger partial charge in [-0.1, -0.05) is 0 Å². The van der Waals surface area contributed by atoms with Crippen LogP contribution in [0.1, 0.15) is 0 Å². The Hall–Kier alpha value is -2.50. The minimum absolute atomic E-state index is 0.159. The molecule has 5 nitrogen and oxygen atoms in total. The molecule has 0 aliphatic heterocycles. The zero-order chi connectivity index (χ0) is 13.0. The summed E-state index contributed by atoms with van der Waals surface area (Å²) >= 11 is 0. The van der Waals surface area contributed by atoms with E-state index in [9.17, 15) is 9.18 Å². The predicted octanol–water partition coefficient (Wildman–Crippen LogP) is 1.75. The lowest BCUT2D eigenvalue weighted by molar-refractivity contribution is -0.139. The van der Waals surface area contributed by atoms with Gasteiger partial charge in [-0.3, -0.25) is 0 Å². The first kappa shape index (κ1) is 12.0. The molecule has 92 valence electrons. The molecule has 0 atom stereocenters. The summed E-state index contributed by atoms with van der Waals surface area (Å²) < 4.78 is 17.7. The average Bonchev–Trinajstić information content (AvgIpc) is 2.37. The highest BCUT2D eigenvalue weighted by Gasteiger charge is 2.05. The van der Waals surface area contributed by atoms with E-state index >= 15 is 0 Å². The summed E-state index contributed by atoms with van der Waals surface area (Å²) in [6.07, 6.45) is 1.45. The van der Waals surface area contributed by atoms with Crippen LogP contribution in [0.3, 0.4) is 0 Å². The Bertz CT molecular complexity index is 558. The van der Waals surface area contributed by atoms with E-state index in [4.69, 9.17) is 9.84 Å². The van der Waals surface area contributed by atoms with Crippen molar-refractivity contribution < 1.29 is 19.0 Å². The number of aliphatic carboxylic acids is 1. The Morgan fingerprint density at radius 3 is 2.67 bits per heavy atom. The summed E-state index contributed by atoms with van der Waals surface area (Å²) in [5.74, 6) is -0.932. The molecule has 2 aromatic rings. The number of aromatic nitrogens is 2. The van der Waals surface area contributed by atoms with Crippen LogP contribution >= 0.6 is 0 Å². The van der Waals surface area contributed by atoms with Crippen molar-refractivity contribution in [3.63, 3.8) is 0 Å². The van der Waals surface area contributed by atoms with E-state index in [1.807, 2.05) is 0 Å². The number of rotatable bonds is 4. The van der Waals surface area contributed by atoms with E-state index in [1.165, 1.54) is 36.5 Å². The highest BCUT2D eigenvalue weighted by atomic mass is 19.1. The highest BCUT2D eigenvalue weighted by molar-refractivity contribution is 5.68. The molecule has 0 unspecified atom stereocenters. The van der Waals surface area contributed by atoms with Crippen molar-refractivity contribution in [2.24, 2.45) is 0 Å². The average molecular weight is 248 g/mol. The third-order valence-electron chi connectivity index (χ3n) is 2.08. The molecule has 0 amide bonds. The molecule has 1 aromatic heterocycles. The maximum atomic E-state index is 12.8. The van der Waals surface area contributed by atoms with E-state index in [2.05, 4.69) is 9.97 Å². The van der Waals surface area contributed by atoms with Crippen molar-refractivity contribution in [2.45, 2.75) is 0 Å². The van der Waals surface area contributed by atoms with Gasteiger partial charge in [0.2, 0.25) is 5.88 Å². The molecular weight excluding hydrogens is 239 g/mol. The van der Waals surface area contributed by atoms with Crippen molar-refractivity contribution in [2.75, 3.05) is 6.61 Å². The molecular formula is C12H9FN2O3. The van der Waals surface area contributed by atoms with E-state index in [0.29, 0.717) is 11.4 Å². The number of ether oxygens (including phenoxy) is 1. The topological polar surface area (TPSA) is 72.3 Å². The number of carboxylic acids is 1. The van der Waals surface area contributed by atoms with E-state index in [-0.39, 0.29) is 11.7 Å². The number of hydrogen-bond donors (Lipinski definition) is 1. The van der Waals surface area contributed by atoms with Gasteiger partial charge in [-0.25, -0.2) is 14.2 Å². The van der Waals surface area contributed by atoms with Gasteiger partial charge in [0.25, 0.3) is 0 Å². The molecule has 2 rings (SSSR count). The number of benzene rings is 1. The molecule has 18 heavy (non-hydrogen) atoms. The number of carbonyl (C=O) groups is 1. The zero-order valence-electron chi connectivity index (χ0n) is 9.21. The van der Waals surface area contributed by atoms with Gasteiger partial charge in [0.05, 0.1) is 0 Å². The lowest BCUT2D eigenvalue weighted by Gasteiger charge is -2.04. The van der Waals surface area contributed by atoms with Gasteiger partial charge in [-0.15, -0.1) is 0 Å². The lowest BCUT2D eigenvalue weighted by atomic mass is 10.2. The molecule has 0 saturated carbocycles. The molecule has 0 spiro atoms. The Kier molecular flexibility index (Phi) is 3.47. The van der Waals surface area contributed by atoms with Crippen LogP contribution < -0.4 is 4.74 Å². The fourth-order valence-corrected chi connectivity index (χ4v) is 1.30. The molecule has 0 radical (unpaired) electrons. The fraction of sp³-hybridized carbons (Fsp3) is 0.0833. The van der Waals surface area contributed by atoms with Crippen LogP contribution in [-0.2, 0) is 4.79 Å². The van der Waals surface area contributed by atoms with Crippen LogP contribution in [0.4, 0.5) is 4.39 Å². The van der Waals surface area contributed by atoms with Crippen LogP contribution in [-0.4, -0.2) is 27.7 Å². The Morgan fingerprint density at radius 2 is 2.00 bits per heavy atom. The number of halogens is 1. The highest BCUT2D eigenvalue weighted by Crippen LogP contribution is 2.17. The van der Waals surface area contributed by atoms with E-state index in [1.54, 1.807) is 0 Å². The number of nitrogens with zero attached hydrogens (tertiary/aromatic N) is 2. The van der Waals surface area contributed by atoms with Crippen molar-refractivity contribution in [1.82, 2.24) is 9.97 Å². The molecule has 0 fully saturated rings. The quantitative estimate of drug-likeness (QED) is 0.892. The van der Waals surface area contributed by atoms with E-state index in [0.717, 1.165) is 0 Å². The number of carboxylic acid groups (broad SMARTS) is 1. The second kappa shape index (κ2) is 5.22. The van der Waals surface area contributed by atoms with Gasteiger partial charge in [-0.05, 0) is 24.3 Å². The third-order valence-corrected chi connectivity index (χ3v) is 2.08. The second-order valence-electron chi connectivity index (χ2n) is 3.41. The van der Waals surface area contributed by atoms with Crippen LogP contribution in [0.5, 0.6) is 5.88 Å². The maximum absolute atomic E-state index is 12.8. The summed E-state index contributed by atoms with van der Waals surface area (Å²) in [6.45, 7) is -0.472. The van der Waals surface area contributed by atoms with Gasteiger partial charge >= 0.3 is 5.97 Å². The van der Waals surface area contributed by atoms with Crippen molar-refractivity contribution in [1.29, 1.82) is 0 Å². The lowest BCUT2D eigenvalue weighted by Crippen LogP contribution is -2.10. The number of hydrogen-bond acceptors (Lipinski definition) is 4. The zero-order valence-corrected chi connectivity index (χ0v) is 9.21. The first-order valence-corrected chi connectivity index (χ1v) is 5.09. The van der Waals surface area contributed by atoms with Gasteiger partial charge < -0.3 is 9.84 Å². The van der Waals surface area contributed by atoms with E-state index < -0.39 is 12.6 Å². The summed E-state index contributed by atoms with van der Waals surface area (Å²) in [5, 5.41) is 8.48. The van der Waals surface area contributed by atoms with Gasteiger partial charge in [-0.2, -0.15) is 4.98 Å². The Labute approximate surface area is 102 Å². The first-order chi connectivity index (χ1) is 8.65. The molecule has 1 aromatic carbocycles.